The number of nitrogens with two attached hydrogens (primary N) is 1. The number of anilines is 2. The van der Waals surface area contributed by atoms with Crippen LogP contribution in [-0.4, -0.2) is 36.2 Å². The van der Waals surface area contributed by atoms with E-state index in [1.807, 2.05) is 0 Å². The topological polar surface area (TPSA) is 92.9 Å². The lowest BCUT2D eigenvalue weighted by Crippen LogP contribution is -2.35. The van der Waals surface area contributed by atoms with Crippen molar-refractivity contribution in [3.05, 3.63) is 24.3 Å². The number of carboxylic acid groups (broad SMARTS) is 1. The van der Waals surface area contributed by atoms with Gasteiger partial charge in [0.05, 0.1) is 30.3 Å². The minimum absolute atomic E-state index is 0.0743. The number of carbonyl (C=O) groups is 2. The van der Waals surface area contributed by atoms with E-state index in [4.69, 9.17) is 15.6 Å². The van der Waals surface area contributed by atoms with E-state index in [9.17, 15) is 9.59 Å². The van der Waals surface area contributed by atoms with Crippen molar-refractivity contribution < 1.29 is 19.4 Å². The van der Waals surface area contributed by atoms with Gasteiger partial charge in [0.25, 0.3) is 0 Å². The van der Waals surface area contributed by atoms with Gasteiger partial charge in [-0.3, -0.25) is 9.59 Å². The second kappa shape index (κ2) is 7.08. The summed E-state index contributed by atoms with van der Waals surface area (Å²) in [5.41, 5.74) is 6.92. The van der Waals surface area contributed by atoms with Gasteiger partial charge in [-0.25, -0.2) is 0 Å². The smallest absolute Gasteiger partial charge is 0.305 e. The van der Waals surface area contributed by atoms with Gasteiger partial charge in [0.15, 0.2) is 0 Å². The van der Waals surface area contributed by atoms with Gasteiger partial charge in [-0.2, -0.15) is 0 Å². The Kier molecular flexibility index (Phi) is 5.16. The van der Waals surface area contributed by atoms with E-state index in [2.05, 4.69) is 0 Å². The maximum atomic E-state index is 12.5. The first-order valence-corrected chi connectivity index (χ1v) is 7.06. The number of aliphatic carboxylic acids is 1. The fourth-order valence-electron chi connectivity index (χ4n) is 2.43. The molecule has 6 nitrogen and oxygen atoms in total. The Morgan fingerprint density at radius 3 is 2.76 bits per heavy atom. The number of benzene rings is 1. The number of para-hydroxylation sites is 2. The molecule has 1 atom stereocenters. The van der Waals surface area contributed by atoms with Gasteiger partial charge < -0.3 is 20.5 Å². The molecule has 1 amide bonds. The fraction of sp³-hybridized carbons (Fsp3) is 0.467. The highest BCUT2D eigenvalue weighted by molar-refractivity contribution is 5.97. The summed E-state index contributed by atoms with van der Waals surface area (Å²) in [6.07, 6.45) is 1.89. The summed E-state index contributed by atoms with van der Waals surface area (Å²) in [6, 6.07) is 6.98. The Morgan fingerprint density at radius 2 is 2.14 bits per heavy atom. The average Bonchev–Trinajstić information content (AvgIpc) is 2.93. The van der Waals surface area contributed by atoms with Gasteiger partial charge in [-0.1, -0.05) is 12.1 Å². The summed E-state index contributed by atoms with van der Waals surface area (Å²) in [6.45, 7) is 0.787. The zero-order chi connectivity index (χ0) is 15.2. The third-order valence-corrected chi connectivity index (χ3v) is 3.50. The third kappa shape index (κ3) is 4.19. The lowest BCUT2D eigenvalue weighted by Gasteiger charge is -2.24. The van der Waals surface area contributed by atoms with Crippen LogP contribution in [0.1, 0.15) is 25.7 Å². The molecule has 1 unspecified atom stereocenters. The van der Waals surface area contributed by atoms with Crippen molar-refractivity contribution in [2.24, 2.45) is 0 Å². The molecule has 3 N–H and O–H groups in total. The summed E-state index contributed by atoms with van der Waals surface area (Å²) in [4.78, 5) is 24.7. The van der Waals surface area contributed by atoms with Gasteiger partial charge >= 0.3 is 5.97 Å². The van der Waals surface area contributed by atoms with E-state index >= 15 is 0 Å². The summed E-state index contributed by atoms with van der Waals surface area (Å²) < 4.78 is 5.47. The molecule has 1 aliphatic rings. The number of amides is 1. The second-order valence-corrected chi connectivity index (χ2v) is 5.09. The quantitative estimate of drug-likeness (QED) is 0.778. The average molecular weight is 292 g/mol. The molecule has 0 radical (unpaired) electrons. The molecule has 1 saturated heterocycles. The predicted octanol–water partition coefficient (Wildman–Crippen LogP) is 1.65. The minimum Gasteiger partial charge on any atom is -0.481 e. The Morgan fingerprint density at radius 1 is 1.38 bits per heavy atom. The number of nitrogen functional groups attached to an aromatic ring is 1. The van der Waals surface area contributed by atoms with Gasteiger partial charge in [0.1, 0.15) is 0 Å². The van der Waals surface area contributed by atoms with Crippen molar-refractivity contribution in [3.8, 4) is 0 Å². The molecule has 1 aliphatic heterocycles. The van der Waals surface area contributed by atoms with Crippen molar-refractivity contribution in [1.82, 2.24) is 0 Å². The molecule has 0 bridgehead atoms. The van der Waals surface area contributed by atoms with Crippen LogP contribution in [0.3, 0.4) is 0 Å². The van der Waals surface area contributed by atoms with E-state index in [-0.39, 0.29) is 31.4 Å². The highest BCUT2D eigenvalue weighted by atomic mass is 16.5. The second-order valence-electron chi connectivity index (χ2n) is 5.09. The van der Waals surface area contributed by atoms with Crippen molar-refractivity contribution in [3.63, 3.8) is 0 Å². The number of carboxylic acids is 1. The van der Waals surface area contributed by atoms with Crippen LogP contribution in [0.15, 0.2) is 24.3 Å². The van der Waals surface area contributed by atoms with Crippen LogP contribution >= 0.6 is 0 Å². The van der Waals surface area contributed by atoms with Gasteiger partial charge in [-0.05, 0) is 25.0 Å². The molecule has 0 spiro atoms. The molecule has 1 heterocycles. The van der Waals surface area contributed by atoms with E-state index in [1.54, 1.807) is 24.3 Å². The summed E-state index contributed by atoms with van der Waals surface area (Å²) >= 11 is 0. The zero-order valence-corrected chi connectivity index (χ0v) is 11.8. The van der Waals surface area contributed by atoms with Gasteiger partial charge in [0, 0.05) is 13.2 Å². The highest BCUT2D eigenvalue weighted by Crippen LogP contribution is 2.25. The molecule has 1 aromatic rings. The molecule has 0 aliphatic carbocycles. The number of hydrogen-bond donors (Lipinski definition) is 2. The molecule has 1 aromatic carbocycles. The van der Waals surface area contributed by atoms with E-state index in [0.717, 1.165) is 12.8 Å². The Balaban J connectivity index is 2.12. The van der Waals surface area contributed by atoms with Crippen LogP contribution in [0.2, 0.25) is 0 Å². The minimum atomic E-state index is -0.945. The molecule has 6 heteroatoms. The van der Waals surface area contributed by atoms with Crippen LogP contribution in [-0.2, 0) is 14.3 Å². The summed E-state index contributed by atoms with van der Waals surface area (Å²) in [5, 5.41) is 8.85. The number of rotatable bonds is 6. The van der Waals surface area contributed by atoms with Crippen LogP contribution in [0.25, 0.3) is 0 Å². The van der Waals surface area contributed by atoms with Gasteiger partial charge in [-0.15, -0.1) is 0 Å². The molecule has 1 fully saturated rings. The number of nitrogens with zero attached hydrogens (tertiary/aromatic N) is 1. The maximum absolute atomic E-state index is 12.5. The van der Waals surface area contributed by atoms with E-state index in [0.29, 0.717) is 18.0 Å². The maximum Gasteiger partial charge on any atom is 0.305 e. The number of carbonyl (C=O) groups excluding carboxylic acids is 1. The number of ether oxygens (including phenoxy) is 1. The van der Waals surface area contributed by atoms with Crippen LogP contribution in [0.5, 0.6) is 0 Å². The van der Waals surface area contributed by atoms with Crippen molar-refractivity contribution in [1.29, 1.82) is 0 Å². The SMILES string of the molecule is Nc1ccccc1N(CCC(=O)O)C(=O)CC1CCCO1. The summed E-state index contributed by atoms with van der Waals surface area (Å²) in [7, 11) is 0. The monoisotopic (exact) mass is 292 g/mol. The largest absolute Gasteiger partial charge is 0.481 e. The first kappa shape index (κ1) is 15.3. The molecule has 0 saturated carbocycles. The molecule has 0 aromatic heterocycles. The van der Waals surface area contributed by atoms with Crippen molar-refractivity contribution in [2.45, 2.75) is 31.8 Å². The van der Waals surface area contributed by atoms with E-state index in [1.165, 1.54) is 4.90 Å². The van der Waals surface area contributed by atoms with Crippen LogP contribution in [0, 0.1) is 0 Å². The third-order valence-electron chi connectivity index (χ3n) is 3.50. The molecule has 114 valence electrons. The Labute approximate surface area is 123 Å². The molecular weight excluding hydrogens is 272 g/mol. The van der Waals surface area contributed by atoms with Crippen molar-refractivity contribution >= 4 is 23.3 Å². The first-order valence-electron chi connectivity index (χ1n) is 7.06. The van der Waals surface area contributed by atoms with Gasteiger partial charge in [0.2, 0.25) is 5.91 Å². The van der Waals surface area contributed by atoms with Crippen molar-refractivity contribution in [2.75, 3.05) is 23.8 Å². The highest BCUT2D eigenvalue weighted by Gasteiger charge is 2.24. The standard InChI is InChI=1S/C15H20N2O4/c16-12-5-1-2-6-13(12)17(8-7-15(19)20)14(18)10-11-4-3-9-21-11/h1-2,5-6,11H,3-4,7-10,16H2,(H,19,20). The first-order chi connectivity index (χ1) is 10.1. The molecule has 21 heavy (non-hydrogen) atoms. The lowest BCUT2D eigenvalue weighted by molar-refractivity contribution is -0.136. The normalized spacial score (nSPS) is 17.6. The van der Waals surface area contributed by atoms with Crippen LogP contribution in [0.4, 0.5) is 11.4 Å². The lowest BCUT2D eigenvalue weighted by atomic mass is 10.1. The Bertz CT molecular complexity index is 512. The predicted molar refractivity (Wildman–Crippen MR) is 79.1 cm³/mol. The molecular formula is C15H20N2O4. The number of hydrogen-bond acceptors (Lipinski definition) is 4. The van der Waals surface area contributed by atoms with E-state index < -0.39 is 5.97 Å². The van der Waals surface area contributed by atoms with Crippen LogP contribution < -0.4 is 10.6 Å². The Hall–Kier alpha value is -2.08. The molecule has 2 rings (SSSR count). The zero-order valence-electron chi connectivity index (χ0n) is 11.8. The summed E-state index contributed by atoms with van der Waals surface area (Å²) in [5.74, 6) is -1.10. The fourth-order valence-corrected chi connectivity index (χ4v) is 2.43.